The fourth-order valence-corrected chi connectivity index (χ4v) is 7.77. The Morgan fingerprint density at radius 3 is 2.00 bits per heavy atom. The van der Waals surface area contributed by atoms with Crippen LogP contribution in [0.15, 0.2) is 30.3 Å². The van der Waals surface area contributed by atoms with Gasteiger partial charge in [-0.05, 0) is 64.0 Å². The van der Waals surface area contributed by atoms with Crippen molar-refractivity contribution in [2.45, 2.75) is 149 Å². The van der Waals surface area contributed by atoms with Crippen LogP contribution in [0.5, 0.6) is 0 Å². The molecule has 1 saturated heterocycles. The highest BCUT2D eigenvalue weighted by Gasteiger charge is 2.43. The van der Waals surface area contributed by atoms with Crippen molar-refractivity contribution in [2.24, 2.45) is 23.7 Å². The molecule has 0 aromatic heterocycles. The van der Waals surface area contributed by atoms with Crippen molar-refractivity contribution in [3.05, 3.63) is 35.9 Å². The molecular weight excluding hydrogens is 714 g/mol. The highest BCUT2D eigenvalue weighted by atomic mass is 16.6. The fourth-order valence-electron chi connectivity index (χ4n) is 7.77. The highest BCUT2D eigenvalue weighted by Crippen LogP contribution is 2.30. The first-order valence-electron chi connectivity index (χ1n) is 20.4. The van der Waals surface area contributed by atoms with Crippen LogP contribution in [0.2, 0.25) is 0 Å². The van der Waals surface area contributed by atoms with Gasteiger partial charge in [0.15, 0.2) is 0 Å². The Morgan fingerprint density at radius 1 is 0.893 bits per heavy atom. The van der Waals surface area contributed by atoms with Gasteiger partial charge in [0.25, 0.3) is 0 Å². The van der Waals surface area contributed by atoms with Crippen molar-refractivity contribution >= 4 is 29.6 Å². The lowest BCUT2D eigenvalue weighted by atomic mass is 9.89. The lowest BCUT2D eigenvalue weighted by Crippen LogP contribution is -2.59. The number of nitrogens with zero attached hydrogens (tertiary/aromatic N) is 2. The van der Waals surface area contributed by atoms with Crippen molar-refractivity contribution < 1.29 is 38.2 Å². The zero-order valence-electron chi connectivity index (χ0n) is 36.6. The van der Waals surface area contributed by atoms with Crippen LogP contribution in [0, 0.1) is 23.7 Å². The van der Waals surface area contributed by atoms with Gasteiger partial charge in [0, 0.05) is 34.2 Å². The monoisotopic (exact) mass is 788 g/mol. The number of amides is 4. The van der Waals surface area contributed by atoms with Gasteiger partial charge in [0.05, 0.1) is 42.7 Å². The molecule has 3 N–H and O–H groups in total. The molecule has 0 bridgehead atoms. The summed E-state index contributed by atoms with van der Waals surface area (Å²) in [6, 6.07) is 6.42. The third-order valence-corrected chi connectivity index (χ3v) is 11.0. The molecule has 1 aliphatic heterocycles. The quantitative estimate of drug-likeness (QED) is 0.154. The van der Waals surface area contributed by atoms with Gasteiger partial charge in [-0.15, -0.1) is 0 Å². The molecular formula is C43H73N5O8. The normalized spacial score (nSPS) is 19.0. The number of esters is 1. The van der Waals surface area contributed by atoms with Gasteiger partial charge in [-0.2, -0.15) is 0 Å². The van der Waals surface area contributed by atoms with Gasteiger partial charge in [-0.1, -0.05) is 85.2 Å². The van der Waals surface area contributed by atoms with Crippen molar-refractivity contribution in [1.29, 1.82) is 0 Å². The molecule has 4 amide bonds. The maximum absolute atomic E-state index is 14.3. The predicted octanol–water partition coefficient (Wildman–Crippen LogP) is 4.36. The number of hydrogen-bond acceptors (Lipinski definition) is 9. The van der Waals surface area contributed by atoms with E-state index in [1.54, 1.807) is 58.7 Å². The third-order valence-electron chi connectivity index (χ3n) is 11.0. The number of likely N-dealkylation sites (tertiary alicyclic amines) is 1. The number of hydrogen-bond donors (Lipinski definition) is 3. The Bertz CT molecular complexity index is 1420. The molecule has 2 rings (SSSR count). The number of carbonyl (C=O) groups excluding carboxylic acids is 5. The molecule has 9 unspecified atom stereocenters. The molecule has 9 atom stereocenters. The maximum atomic E-state index is 14.3. The lowest BCUT2D eigenvalue weighted by molar-refractivity contribution is -0.159. The van der Waals surface area contributed by atoms with Crippen LogP contribution in [0.3, 0.4) is 0 Å². The number of likely N-dealkylation sites (N-methyl/N-ethyl adjacent to an activating group) is 2. The number of nitrogens with one attached hydrogen (secondary N) is 3. The van der Waals surface area contributed by atoms with Crippen LogP contribution in [0.1, 0.15) is 100 Å². The van der Waals surface area contributed by atoms with Crippen LogP contribution < -0.4 is 16.0 Å². The number of benzene rings is 1. The molecule has 1 aromatic rings. The first-order chi connectivity index (χ1) is 26.2. The van der Waals surface area contributed by atoms with Crippen molar-refractivity contribution in [1.82, 2.24) is 25.8 Å². The molecule has 0 spiro atoms. The second kappa shape index (κ2) is 22.4. The van der Waals surface area contributed by atoms with E-state index in [1.165, 1.54) is 7.11 Å². The van der Waals surface area contributed by atoms with E-state index < -0.39 is 59.9 Å². The smallest absolute Gasteiger partial charge is 0.329 e. The summed E-state index contributed by atoms with van der Waals surface area (Å²) >= 11 is 0. The number of carbonyl (C=O) groups is 5. The summed E-state index contributed by atoms with van der Waals surface area (Å²) in [6.45, 7) is 19.3. The Labute approximate surface area is 336 Å². The summed E-state index contributed by atoms with van der Waals surface area (Å²) in [6.07, 6.45) is 1.04. The van der Waals surface area contributed by atoms with Gasteiger partial charge in [0.2, 0.25) is 23.6 Å². The molecule has 1 heterocycles. The van der Waals surface area contributed by atoms with Crippen molar-refractivity contribution in [3.63, 3.8) is 0 Å². The molecule has 13 nitrogen and oxygen atoms in total. The van der Waals surface area contributed by atoms with E-state index in [0.717, 1.165) is 18.4 Å². The largest absolute Gasteiger partial charge is 0.458 e. The molecule has 56 heavy (non-hydrogen) atoms. The number of methoxy groups -OCH3 is 2. The fraction of sp³-hybridized carbons (Fsp3) is 0.744. The Balaban J connectivity index is 2.31. The zero-order valence-corrected chi connectivity index (χ0v) is 36.6. The van der Waals surface area contributed by atoms with Crippen LogP contribution in [0.25, 0.3) is 0 Å². The summed E-state index contributed by atoms with van der Waals surface area (Å²) < 4.78 is 17.7. The summed E-state index contributed by atoms with van der Waals surface area (Å²) in [5, 5.41) is 8.96. The Morgan fingerprint density at radius 2 is 1.50 bits per heavy atom. The van der Waals surface area contributed by atoms with Gasteiger partial charge in [-0.3, -0.25) is 19.2 Å². The van der Waals surface area contributed by atoms with Gasteiger partial charge in [0.1, 0.15) is 17.7 Å². The van der Waals surface area contributed by atoms with Gasteiger partial charge < -0.3 is 40.0 Å². The molecule has 0 aliphatic carbocycles. The van der Waals surface area contributed by atoms with Crippen LogP contribution in [-0.2, 0) is 44.6 Å². The predicted molar refractivity (Wildman–Crippen MR) is 218 cm³/mol. The molecule has 1 fully saturated rings. The molecule has 1 aliphatic rings. The Hall–Kier alpha value is -3.55. The van der Waals surface area contributed by atoms with Crippen molar-refractivity contribution in [3.8, 4) is 0 Å². The minimum atomic E-state index is -0.923. The summed E-state index contributed by atoms with van der Waals surface area (Å²) in [5.74, 6) is -2.48. The van der Waals surface area contributed by atoms with E-state index in [0.29, 0.717) is 13.0 Å². The van der Waals surface area contributed by atoms with Crippen molar-refractivity contribution in [2.75, 3.05) is 34.9 Å². The molecule has 1 aromatic carbocycles. The average molecular weight is 788 g/mol. The van der Waals surface area contributed by atoms with Gasteiger partial charge in [-0.25, -0.2) is 4.79 Å². The van der Waals surface area contributed by atoms with E-state index in [4.69, 9.17) is 14.2 Å². The lowest BCUT2D eigenvalue weighted by Gasteiger charge is -2.41. The van der Waals surface area contributed by atoms with E-state index in [2.05, 4.69) is 16.0 Å². The van der Waals surface area contributed by atoms with Crippen LogP contribution >= 0.6 is 0 Å². The maximum Gasteiger partial charge on any atom is 0.329 e. The molecule has 0 saturated carbocycles. The summed E-state index contributed by atoms with van der Waals surface area (Å²) in [7, 11) is 6.53. The minimum Gasteiger partial charge on any atom is -0.458 e. The molecule has 0 radical (unpaired) electrons. The van der Waals surface area contributed by atoms with Crippen LogP contribution in [-0.4, -0.2) is 122 Å². The zero-order chi connectivity index (χ0) is 42.5. The molecule has 13 heteroatoms. The SMILES string of the molecule is CCC(C)C(C(CC(=O)N1CCCC1C(OC)C(C)C(=O)NC(Cc1ccccc1)C(=O)OC(C)(C)C)OC)N(C)C(=O)C(NC(=O)C(NC)C(C)C)C(C)C. The molecule has 318 valence electrons. The standard InChI is InChI=1S/C43H73N5O8/c1-15-28(6)37(47(12)41(52)36(27(4)5)46-40(51)35(44-11)26(2)3)33(54-13)25-34(49)48-23-19-22-32(48)38(55-14)29(7)39(50)45-31(42(53)56-43(8,9)10)24-30-20-17-16-18-21-30/h16-18,20-21,26-29,31-33,35-38,44H,15,19,22-25H2,1-14H3,(H,45,50)(H,46,51). The first kappa shape index (κ1) is 48.6. The highest BCUT2D eigenvalue weighted by molar-refractivity contribution is 5.90. The second-order valence-electron chi connectivity index (χ2n) is 17.1. The summed E-state index contributed by atoms with van der Waals surface area (Å²) in [5.41, 5.74) is 0.134. The number of rotatable bonds is 21. The van der Waals surface area contributed by atoms with E-state index in [-0.39, 0.29) is 54.2 Å². The van der Waals surface area contributed by atoms with E-state index in [9.17, 15) is 24.0 Å². The summed E-state index contributed by atoms with van der Waals surface area (Å²) in [4.78, 5) is 72.3. The average Bonchev–Trinajstić information content (AvgIpc) is 3.62. The third kappa shape index (κ3) is 13.5. The second-order valence-corrected chi connectivity index (χ2v) is 17.1. The van der Waals surface area contributed by atoms with E-state index in [1.807, 2.05) is 71.9 Å². The van der Waals surface area contributed by atoms with E-state index >= 15 is 0 Å². The first-order valence-corrected chi connectivity index (χ1v) is 20.4. The number of ether oxygens (including phenoxy) is 3. The van der Waals surface area contributed by atoms with Gasteiger partial charge >= 0.3 is 5.97 Å². The topological polar surface area (TPSA) is 156 Å². The van der Waals surface area contributed by atoms with Crippen LogP contribution in [0.4, 0.5) is 0 Å². The Kier molecular flexibility index (Phi) is 19.4. The minimum absolute atomic E-state index is 0.00230.